The second kappa shape index (κ2) is 5.49. The molecule has 0 aromatic carbocycles. The largest absolute Gasteiger partial charge is 0.379 e. The molecule has 0 radical (unpaired) electrons. The summed E-state index contributed by atoms with van der Waals surface area (Å²) in [6, 6.07) is 0. The zero-order valence-electron chi connectivity index (χ0n) is 10.6. The van der Waals surface area contributed by atoms with Crippen LogP contribution in [-0.2, 0) is 11.3 Å². The molecule has 2 aromatic rings. The van der Waals surface area contributed by atoms with E-state index in [-0.39, 0.29) is 0 Å². The van der Waals surface area contributed by atoms with E-state index in [1.807, 2.05) is 6.92 Å². The summed E-state index contributed by atoms with van der Waals surface area (Å²) in [5.41, 5.74) is 6.63. The lowest BCUT2D eigenvalue weighted by molar-refractivity contribution is 0.0341. The van der Waals surface area contributed by atoms with Gasteiger partial charge in [0, 0.05) is 13.1 Å². The van der Waals surface area contributed by atoms with Crippen LogP contribution in [-0.4, -0.2) is 46.4 Å². The molecule has 102 valence electrons. The quantitative estimate of drug-likeness (QED) is 0.922. The number of hydrogen-bond acceptors (Lipinski definition) is 8. The van der Waals surface area contributed by atoms with Gasteiger partial charge in [0.05, 0.1) is 30.3 Å². The van der Waals surface area contributed by atoms with Crippen molar-refractivity contribution >= 4 is 27.8 Å². The summed E-state index contributed by atoms with van der Waals surface area (Å²) in [6.45, 7) is 6.45. The number of nitrogens with two attached hydrogens (primary N) is 1. The van der Waals surface area contributed by atoms with Crippen LogP contribution < -0.4 is 5.73 Å². The average molecular weight is 297 g/mol. The third kappa shape index (κ3) is 2.92. The fraction of sp³-hybridized carbons (Fsp3) is 0.545. The van der Waals surface area contributed by atoms with Crippen LogP contribution in [0.15, 0.2) is 0 Å². The second-order valence-corrected chi connectivity index (χ2v) is 6.45. The molecule has 2 aromatic heterocycles. The number of nitrogen functional groups attached to an aromatic ring is 1. The van der Waals surface area contributed by atoms with E-state index < -0.39 is 0 Å². The van der Waals surface area contributed by atoms with Gasteiger partial charge in [0.15, 0.2) is 5.01 Å². The Morgan fingerprint density at radius 1 is 1.26 bits per heavy atom. The molecule has 0 unspecified atom stereocenters. The molecule has 1 fully saturated rings. The Morgan fingerprint density at radius 3 is 2.74 bits per heavy atom. The molecule has 0 atom stereocenters. The predicted molar refractivity (Wildman–Crippen MR) is 76.3 cm³/mol. The fourth-order valence-corrected chi connectivity index (χ4v) is 3.83. The number of morpholine rings is 1. The number of aromatic nitrogens is 3. The average Bonchev–Trinajstić information content (AvgIpc) is 2.97. The number of thiazole rings is 1. The molecule has 0 aliphatic carbocycles. The first-order valence-corrected chi connectivity index (χ1v) is 7.71. The van der Waals surface area contributed by atoms with Crippen LogP contribution in [0.1, 0.15) is 10.7 Å². The standard InChI is InChI=1S/C11H15N5OS2/c1-7-9(10-14-15-11(12)19-10)18-8(13-7)6-16-2-4-17-5-3-16/h2-6H2,1H3,(H2,12,15). The first-order valence-electron chi connectivity index (χ1n) is 6.08. The summed E-state index contributed by atoms with van der Waals surface area (Å²) < 4.78 is 5.35. The highest BCUT2D eigenvalue weighted by Crippen LogP contribution is 2.33. The van der Waals surface area contributed by atoms with Crippen LogP contribution in [0.2, 0.25) is 0 Å². The Balaban J connectivity index is 1.77. The number of hydrogen-bond donors (Lipinski definition) is 1. The Bertz CT molecular complexity index is 561. The van der Waals surface area contributed by atoms with Gasteiger partial charge in [-0.15, -0.1) is 21.5 Å². The van der Waals surface area contributed by atoms with E-state index >= 15 is 0 Å². The number of nitrogens with zero attached hydrogens (tertiary/aromatic N) is 4. The minimum Gasteiger partial charge on any atom is -0.379 e. The molecule has 0 amide bonds. The first-order chi connectivity index (χ1) is 9.22. The van der Waals surface area contributed by atoms with Crippen molar-refractivity contribution in [1.82, 2.24) is 20.1 Å². The van der Waals surface area contributed by atoms with Crippen molar-refractivity contribution in [2.75, 3.05) is 32.0 Å². The van der Waals surface area contributed by atoms with Gasteiger partial charge in [0.1, 0.15) is 5.01 Å². The van der Waals surface area contributed by atoms with Crippen molar-refractivity contribution in [1.29, 1.82) is 0 Å². The van der Waals surface area contributed by atoms with E-state index in [9.17, 15) is 0 Å². The maximum Gasteiger partial charge on any atom is 0.203 e. The summed E-state index contributed by atoms with van der Waals surface area (Å²) in [5, 5.41) is 10.4. The third-order valence-corrected chi connectivity index (χ3v) is 4.99. The summed E-state index contributed by atoms with van der Waals surface area (Å²) in [7, 11) is 0. The van der Waals surface area contributed by atoms with E-state index in [1.165, 1.54) is 11.3 Å². The van der Waals surface area contributed by atoms with Crippen LogP contribution in [0.5, 0.6) is 0 Å². The monoisotopic (exact) mass is 297 g/mol. The maximum absolute atomic E-state index is 5.63. The fourth-order valence-electron chi connectivity index (χ4n) is 2.00. The summed E-state index contributed by atoms with van der Waals surface area (Å²) in [5.74, 6) is 0. The van der Waals surface area contributed by atoms with Gasteiger partial charge in [-0.1, -0.05) is 11.3 Å². The van der Waals surface area contributed by atoms with Gasteiger partial charge in [-0.05, 0) is 6.92 Å². The van der Waals surface area contributed by atoms with Crippen molar-refractivity contribution in [3.63, 3.8) is 0 Å². The predicted octanol–water partition coefficient (Wildman–Crippen LogP) is 1.38. The Kier molecular flexibility index (Phi) is 3.74. The van der Waals surface area contributed by atoms with Crippen LogP contribution in [0.3, 0.4) is 0 Å². The first kappa shape index (κ1) is 12.9. The van der Waals surface area contributed by atoms with Gasteiger partial charge < -0.3 is 10.5 Å². The smallest absolute Gasteiger partial charge is 0.203 e. The highest BCUT2D eigenvalue weighted by molar-refractivity contribution is 7.23. The highest BCUT2D eigenvalue weighted by atomic mass is 32.1. The zero-order valence-corrected chi connectivity index (χ0v) is 12.3. The summed E-state index contributed by atoms with van der Waals surface area (Å²) in [4.78, 5) is 8.07. The molecule has 3 rings (SSSR count). The van der Waals surface area contributed by atoms with Gasteiger partial charge >= 0.3 is 0 Å². The molecule has 1 aliphatic heterocycles. The molecule has 0 bridgehead atoms. The minimum absolute atomic E-state index is 0.498. The molecule has 1 saturated heterocycles. The lowest BCUT2D eigenvalue weighted by atomic mass is 10.4. The van der Waals surface area contributed by atoms with Gasteiger partial charge in [-0.25, -0.2) is 4.98 Å². The van der Waals surface area contributed by atoms with Crippen LogP contribution in [0.25, 0.3) is 9.88 Å². The van der Waals surface area contributed by atoms with Crippen LogP contribution in [0.4, 0.5) is 5.13 Å². The molecule has 1 aliphatic rings. The molecule has 3 heterocycles. The van der Waals surface area contributed by atoms with Gasteiger partial charge in [0.2, 0.25) is 5.13 Å². The maximum atomic E-state index is 5.63. The Morgan fingerprint density at radius 2 is 2.05 bits per heavy atom. The topological polar surface area (TPSA) is 77.2 Å². The SMILES string of the molecule is Cc1nc(CN2CCOCC2)sc1-c1nnc(N)s1. The molecule has 19 heavy (non-hydrogen) atoms. The molecule has 0 saturated carbocycles. The summed E-state index contributed by atoms with van der Waals surface area (Å²) in [6.07, 6.45) is 0. The molecular weight excluding hydrogens is 282 g/mol. The van der Waals surface area contributed by atoms with Gasteiger partial charge in [0.25, 0.3) is 0 Å². The van der Waals surface area contributed by atoms with E-state index in [0.29, 0.717) is 5.13 Å². The van der Waals surface area contributed by atoms with E-state index in [1.54, 1.807) is 11.3 Å². The van der Waals surface area contributed by atoms with Crippen LogP contribution in [0, 0.1) is 6.92 Å². The number of anilines is 1. The minimum atomic E-state index is 0.498. The number of rotatable bonds is 3. The molecular formula is C11H15N5OS2. The lowest BCUT2D eigenvalue weighted by Gasteiger charge is -2.25. The number of ether oxygens (including phenoxy) is 1. The second-order valence-electron chi connectivity index (χ2n) is 4.36. The van der Waals surface area contributed by atoms with Crippen molar-refractivity contribution < 1.29 is 4.74 Å². The Labute approximate surface area is 119 Å². The zero-order chi connectivity index (χ0) is 13.2. The molecule has 0 spiro atoms. The molecule has 8 heteroatoms. The third-order valence-electron chi connectivity index (χ3n) is 2.94. The molecule has 6 nitrogen and oxygen atoms in total. The van der Waals surface area contributed by atoms with Crippen molar-refractivity contribution in [2.24, 2.45) is 0 Å². The highest BCUT2D eigenvalue weighted by Gasteiger charge is 2.17. The lowest BCUT2D eigenvalue weighted by Crippen LogP contribution is -2.35. The van der Waals surface area contributed by atoms with Crippen molar-refractivity contribution in [2.45, 2.75) is 13.5 Å². The van der Waals surface area contributed by atoms with Crippen molar-refractivity contribution in [3.8, 4) is 9.88 Å². The van der Waals surface area contributed by atoms with E-state index in [2.05, 4.69) is 20.1 Å². The van der Waals surface area contributed by atoms with Gasteiger partial charge in [-0.3, -0.25) is 4.90 Å². The molecule has 2 N–H and O–H groups in total. The van der Waals surface area contributed by atoms with Crippen LogP contribution >= 0.6 is 22.7 Å². The summed E-state index contributed by atoms with van der Waals surface area (Å²) >= 11 is 3.09. The van der Waals surface area contributed by atoms with E-state index in [0.717, 1.165) is 53.4 Å². The normalized spacial score (nSPS) is 16.9. The number of aryl methyl sites for hydroxylation is 1. The van der Waals surface area contributed by atoms with Gasteiger partial charge in [-0.2, -0.15) is 0 Å². The Hall–Kier alpha value is -1.09. The van der Waals surface area contributed by atoms with E-state index in [4.69, 9.17) is 10.5 Å². The van der Waals surface area contributed by atoms with Crippen molar-refractivity contribution in [3.05, 3.63) is 10.7 Å².